The van der Waals surface area contributed by atoms with E-state index in [9.17, 15) is 0 Å². The van der Waals surface area contributed by atoms with E-state index in [0.29, 0.717) is 17.8 Å². The van der Waals surface area contributed by atoms with Gasteiger partial charge in [0, 0.05) is 29.3 Å². The molecule has 1 heterocycles. The first-order valence-corrected chi connectivity index (χ1v) is 16.2. The van der Waals surface area contributed by atoms with Gasteiger partial charge in [0.1, 0.15) is 0 Å². The summed E-state index contributed by atoms with van der Waals surface area (Å²) in [5.41, 5.74) is 10.2. The van der Waals surface area contributed by atoms with Crippen molar-refractivity contribution in [2.24, 2.45) is 40.2 Å². The van der Waals surface area contributed by atoms with E-state index in [1.807, 2.05) is 13.0 Å². The van der Waals surface area contributed by atoms with E-state index in [4.69, 9.17) is 11.1 Å². The molecule has 1 saturated heterocycles. The number of hydrogen-bond donors (Lipinski definition) is 4. The summed E-state index contributed by atoms with van der Waals surface area (Å²) in [5, 5.41) is 15.5. The molecule has 8 unspecified atom stereocenters. The summed E-state index contributed by atoms with van der Waals surface area (Å²) in [7, 11) is 0. The predicted molar refractivity (Wildman–Crippen MR) is 170 cm³/mol. The molecule has 8 atom stereocenters. The van der Waals surface area contributed by atoms with Crippen molar-refractivity contribution in [1.82, 2.24) is 10.6 Å². The zero-order chi connectivity index (χ0) is 27.6. The second kappa shape index (κ2) is 13.3. The van der Waals surface area contributed by atoms with E-state index < -0.39 is 0 Å². The van der Waals surface area contributed by atoms with Crippen LogP contribution in [0, 0.1) is 39.9 Å². The van der Waals surface area contributed by atoms with Gasteiger partial charge in [-0.25, -0.2) is 0 Å². The maximum atomic E-state index is 8.31. The minimum atomic E-state index is -0.0559. The van der Waals surface area contributed by atoms with Crippen LogP contribution >= 0.6 is 0 Å². The van der Waals surface area contributed by atoms with Crippen molar-refractivity contribution in [3.05, 3.63) is 24.3 Å². The Morgan fingerprint density at radius 2 is 1.90 bits per heavy atom. The molecule has 4 saturated carbocycles. The van der Waals surface area contributed by atoms with E-state index in [0.717, 1.165) is 36.6 Å². The monoisotopic (exact) mass is 541 g/mol. The first-order valence-electron chi connectivity index (χ1n) is 16.2. The van der Waals surface area contributed by atoms with E-state index in [1.54, 1.807) is 5.57 Å². The van der Waals surface area contributed by atoms with Crippen molar-refractivity contribution in [1.29, 1.82) is 5.41 Å². The zero-order valence-electron chi connectivity index (χ0n) is 25.5. The van der Waals surface area contributed by atoms with E-state index >= 15 is 0 Å². The van der Waals surface area contributed by atoms with Crippen molar-refractivity contribution in [2.45, 2.75) is 143 Å². The van der Waals surface area contributed by atoms with Crippen LogP contribution in [-0.4, -0.2) is 36.4 Å². The number of rotatable bonds is 8. The Balaban J connectivity index is 0.000000253. The van der Waals surface area contributed by atoms with Crippen LogP contribution in [0.2, 0.25) is 0 Å². The molecule has 0 aromatic rings. The van der Waals surface area contributed by atoms with Gasteiger partial charge in [-0.1, -0.05) is 72.3 Å². The van der Waals surface area contributed by atoms with E-state index in [-0.39, 0.29) is 23.8 Å². The van der Waals surface area contributed by atoms with E-state index in [2.05, 4.69) is 51.0 Å². The molecule has 0 spiro atoms. The lowest BCUT2D eigenvalue weighted by Crippen LogP contribution is -2.66. The fourth-order valence-corrected chi connectivity index (χ4v) is 9.85. The molecule has 0 bridgehead atoms. The largest absolute Gasteiger partial charge is 0.325 e. The van der Waals surface area contributed by atoms with Crippen molar-refractivity contribution >= 4 is 5.71 Å². The molecule has 5 rings (SSSR count). The number of hydrogen-bond acceptors (Lipinski definition) is 4. The first-order chi connectivity index (χ1) is 18.1. The normalized spacial score (nSPS) is 42.4. The van der Waals surface area contributed by atoms with Gasteiger partial charge in [0.05, 0.1) is 0 Å². The average molecular weight is 541 g/mol. The van der Waals surface area contributed by atoms with Crippen LogP contribution in [0.4, 0.5) is 0 Å². The lowest BCUT2D eigenvalue weighted by molar-refractivity contribution is -0.0616. The Morgan fingerprint density at radius 1 is 1.15 bits per heavy atom. The number of fused-ring (bicyclic) bond motifs is 3. The lowest BCUT2D eigenvalue weighted by atomic mass is 9.44. The molecule has 0 aromatic heterocycles. The van der Waals surface area contributed by atoms with Crippen LogP contribution in [0.25, 0.3) is 0 Å². The Kier molecular flexibility index (Phi) is 11.1. The van der Waals surface area contributed by atoms with Gasteiger partial charge in [-0.3, -0.25) is 0 Å². The molecule has 1 aliphatic heterocycles. The van der Waals surface area contributed by atoms with Crippen LogP contribution in [0.1, 0.15) is 126 Å². The van der Waals surface area contributed by atoms with Crippen molar-refractivity contribution in [2.75, 3.05) is 13.1 Å². The molecule has 4 aliphatic carbocycles. The standard InChI is InChI=1S/C23H38N2.C11H22N2.CH4/c1-6-8-17-11-15-23(25)19-10-9-18(16(3)24)22(19,5)14-12-20(23)21(17,4)13-7-2;1-9-7-11(13-8-9)5-6-12-10-3-2-4-10;/h6,8,18-20,24H,1,7,9-15,25H2,2-5H3;9-13H,2-8H2,1H3;1H4/b17-8-,24-16?;;. The fraction of sp³-hybridized carbons (Fsp3) is 0.857. The highest BCUT2D eigenvalue weighted by molar-refractivity contribution is 5.82. The van der Waals surface area contributed by atoms with Crippen molar-refractivity contribution < 1.29 is 0 Å². The molecule has 4 heteroatoms. The summed E-state index contributed by atoms with van der Waals surface area (Å²) in [5.74, 6) is 2.49. The van der Waals surface area contributed by atoms with Crippen LogP contribution in [0.3, 0.4) is 0 Å². The van der Waals surface area contributed by atoms with Gasteiger partial charge in [0.25, 0.3) is 0 Å². The maximum absolute atomic E-state index is 8.31. The second-order valence-electron chi connectivity index (χ2n) is 14.5. The Labute approximate surface area is 242 Å². The summed E-state index contributed by atoms with van der Waals surface area (Å²) >= 11 is 0. The summed E-state index contributed by atoms with van der Waals surface area (Å²) in [6.07, 6.45) is 20.7. The van der Waals surface area contributed by atoms with Crippen LogP contribution in [0.5, 0.6) is 0 Å². The lowest BCUT2D eigenvalue weighted by Gasteiger charge is -2.63. The molecule has 0 aromatic carbocycles. The third-order valence-corrected chi connectivity index (χ3v) is 12.0. The van der Waals surface area contributed by atoms with Gasteiger partial charge in [0.15, 0.2) is 0 Å². The highest BCUT2D eigenvalue weighted by Gasteiger charge is 2.64. The molecular weight excluding hydrogens is 476 g/mol. The van der Waals surface area contributed by atoms with Gasteiger partial charge >= 0.3 is 0 Å². The first kappa shape index (κ1) is 32.5. The van der Waals surface area contributed by atoms with Crippen molar-refractivity contribution in [3.8, 4) is 0 Å². The van der Waals surface area contributed by atoms with Gasteiger partial charge in [-0.2, -0.15) is 0 Å². The molecule has 0 amide bonds. The highest BCUT2D eigenvalue weighted by Crippen LogP contribution is 2.67. The number of nitrogens with one attached hydrogen (secondary N) is 3. The summed E-state index contributed by atoms with van der Waals surface area (Å²) in [6, 6.07) is 1.65. The molecule has 5 aliphatic rings. The maximum Gasteiger partial charge on any atom is 0.0228 e. The third kappa shape index (κ3) is 6.44. The van der Waals surface area contributed by atoms with Gasteiger partial charge in [-0.15, -0.1) is 0 Å². The molecule has 5 N–H and O–H groups in total. The minimum Gasteiger partial charge on any atom is -0.325 e. The van der Waals surface area contributed by atoms with Crippen LogP contribution in [-0.2, 0) is 0 Å². The minimum absolute atomic E-state index is 0. The summed E-state index contributed by atoms with van der Waals surface area (Å²) < 4.78 is 0. The van der Waals surface area contributed by atoms with Crippen LogP contribution < -0.4 is 16.4 Å². The SMILES string of the molecule is C.C=C/C=C1/CCC2(N)C(CCC3(C)C(C(C)=N)CCC32)C1(C)CCC.CC1CNC(CCNC2CCC2)C1. The van der Waals surface area contributed by atoms with Crippen molar-refractivity contribution in [3.63, 3.8) is 0 Å². The average Bonchev–Trinajstić information content (AvgIpc) is 3.41. The summed E-state index contributed by atoms with van der Waals surface area (Å²) in [6.45, 7) is 18.0. The zero-order valence-corrected chi connectivity index (χ0v) is 25.5. The topological polar surface area (TPSA) is 73.9 Å². The Hall–Kier alpha value is -0.970. The smallest absolute Gasteiger partial charge is 0.0228 e. The molecule has 5 fully saturated rings. The number of allylic oxidation sites excluding steroid dienone is 3. The summed E-state index contributed by atoms with van der Waals surface area (Å²) in [4.78, 5) is 0. The number of nitrogens with two attached hydrogens (primary N) is 1. The Morgan fingerprint density at radius 3 is 2.46 bits per heavy atom. The fourth-order valence-electron chi connectivity index (χ4n) is 9.85. The highest BCUT2D eigenvalue weighted by atomic mass is 15.0. The van der Waals surface area contributed by atoms with Crippen LogP contribution in [0.15, 0.2) is 24.3 Å². The third-order valence-electron chi connectivity index (χ3n) is 12.0. The van der Waals surface area contributed by atoms with E-state index in [1.165, 1.54) is 83.7 Å². The predicted octanol–water partition coefficient (Wildman–Crippen LogP) is 8.03. The van der Waals surface area contributed by atoms with Gasteiger partial charge in [0.2, 0.25) is 0 Å². The van der Waals surface area contributed by atoms with Gasteiger partial charge in [-0.05, 0) is 119 Å². The van der Waals surface area contributed by atoms with Gasteiger partial charge < -0.3 is 21.8 Å². The molecule has 39 heavy (non-hydrogen) atoms. The quantitative estimate of drug-likeness (QED) is 0.235. The molecule has 224 valence electrons. The molecular formula is C35H64N4. The molecule has 4 nitrogen and oxygen atoms in total. The Bertz CT molecular complexity index is 861. The second-order valence-corrected chi connectivity index (χ2v) is 14.5. The molecule has 0 radical (unpaired) electrons.